The van der Waals surface area contributed by atoms with Crippen LogP contribution in [0.5, 0.6) is 0 Å². The minimum atomic E-state index is -2.51. The Bertz CT molecular complexity index is 656. The molecule has 0 saturated heterocycles. The van der Waals surface area contributed by atoms with Gasteiger partial charge in [-0.3, -0.25) is 4.57 Å². The van der Waals surface area contributed by atoms with Crippen molar-refractivity contribution >= 4 is 8.25 Å². The zero-order valence-corrected chi connectivity index (χ0v) is 17.8. The van der Waals surface area contributed by atoms with Crippen LogP contribution in [0, 0.1) is 0 Å². The van der Waals surface area contributed by atoms with Crippen LogP contribution in [0.25, 0.3) is 0 Å². The van der Waals surface area contributed by atoms with Gasteiger partial charge in [-0.25, -0.2) is 0 Å². The molecule has 0 amide bonds. The highest BCUT2D eigenvalue weighted by atomic mass is 31.1. The second kappa shape index (κ2) is 8.52. The topological polar surface area (TPSA) is 35.5 Å². The molecule has 0 fully saturated rings. The zero-order chi connectivity index (χ0) is 19.4. The molecule has 0 heterocycles. The third-order valence-electron chi connectivity index (χ3n) is 4.35. The van der Waals surface area contributed by atoms with E-state index in [1.54, 1.807) is 0 Å². The average molecular weight is 374 g/mol. The minimum Gasteiger partial charge on any atom is -0.306 e. The van der Waals surface area contributed by atoms with Crippen molar-refractivity contribution in [3.8, 4) is 0 Å². The lowest BCUT2D eigenvalue weighted by atomic mass is 9.87. The van der Waals surface area contributed by atoms with Crippen molar-refractivity contribution in [2.24, 2.45) is 0 Å². The molecular weight excluding hydrogens is 343 g/mol. The fourth-order valence-electron chi connectivity index (χ4n) is 2.53. The standard InChI is InChI=1S/C22H31O3P/c1-21(2,3)19-11-7-17(8-12-19)15-24-26(23)25-16-18-9-13-20(14-10-18)22(4,5)6/h7-14,26H,15-16H2,1-6H3. The molecule has 0 N–H and O–H groups in total. The van der Waals surface area contributed by atoms with Crippen LogP contribution in [0.1, 0.15) is 63.8 Å². The molecule has 2 aromatic rings. The van der Waals surface area contributed by atoms with Crippen LogP contribution in [-0.2, 0) is 37.7 Å². The molecule has 0 radical (unpaired) electrons. The summed E-state index contributed by atoms with van der Waals surface area (Å²) in [5.74, 6) is 0. The lowest BCUT2D eigenvalue weighted by Crippen LogP contribution is -2.10. The van der Waals surface area contributed by atoms with Crippen molar-refractivity contribution in [2.45, 2.75) is 65.6 Å². The SMILES string of the molecule is CC(C)(C)c1ccc(CO[PH](=O)OCc2ccc(C(C)(C)C)cc2)cc1. The predicted molar refractivity (Wildman–Crippen MR) is 109 cm³/mol. The Morgan fingerprint density at radius 1 is 0.654 bits per heavy atom. The van der Waals surface area contributed by atoms with Gasteiger partial charge < -0.3 is 9.05 Å². The van der Waals surface area contributed by atoms with Crippen molar-refractivity contribution in [3.63, 3.8) is 0 Å². The third kappa shape index (κ3) is 6.39. The molecule has 142 valence electrons. The van der Waals surface area contributed by atoms with Gasteiger partial charge in [0.05, 0.1) is 13.2 Å². The first kappa shape index (κ1) is 20.9. The first-order valence-corrected chi connectivity index (χ1v) is 10.3. The summed E-state index contributed by atoms with van der Waals surface area (Å²) in [5.41, 5.74) is 4.77. The molecule has 0 atom stereocenters. The summed E-state index contributed by atoms with van der Waals surface area (Å²) in [7, 11) is -2.51. The van der Waals surface area contributed by atoms with E-state index in [0.717, 1.165) is 11.1 Å². The highest BCUT2D eigenvalue weighted by Crippen LogP contribution is 2.29. The summed E-state index contributed by atoms with van der Waals surface area (Å²) in [6, 6.07) is 16.4. The minimum absolute atomic E-state index is 0.124. The molecule has 0 aromatic heterocycles. The molecule has 4 heteroatoms. The first-order chi connectivity index (χ1) is 12.1. The van der Waals surface area contributed by atoms with Crippen LogP contribution >= 0.6 is 8.25 Å². The van der Waals surface area contributed by atoms with Crippen LogP contribution < -0.4 is 0 Å². The van der Waals surface area contributed by atoms with Crippen molar-refractivity contribution in [3.05, 3.63) is 70.8 Å². The fraction of sp³-hybridized carbons (Fsp3) is 0.455. The Hall–Kier alpha value is -1.41. The van der Waals surface area contributed by atoms with Crippen LogP contribution in [0.15, 0.2) is 48.5 Å². The molecule has 26 heavy (non-hydrogen) atoms. The Morgan fingerprint density at radius 2 is 0.962 bits per heavy atom. The van der Waals surface area contributed by atoms with Crippen LogP contribution in [0.2, 0.25) is 0 Å². The van der Waals surface area contributed by atoms with Crippen molar-refractivity contribution in [1.29, 1.82) is 0 Å². The Morgan fingerprint density at radius 3 is 1.23 bits per heavy atom. The maximum absolute atomic E-state index is 12.0. The van der Waals surface area contributed by atoms with E-state index in [2.05, 4.69) is 65.8 Å². The lowest BCUT2D eigenvalue weighted by molar-refractivity contribution is 0.213. The summed E-state index contributed by atoms with van der Waals surface area (Å²) in [6.07, 6.45) is 0. The number of hydrogen-bond acceptors (Lipinski definition) is 3. The monoisotopic (exact) mass is 374 g/mol. The van der Waals surface area contributed by atoms with E-state index in [-0.39, 0.29) is 10.8 Å². The van der Waals surface area contributed by atoms with E-state index < -0.39 is 8.25 Å². The van der Waals surface area contributed by atoms with Gasteiger partial charge in [0, 0.05) is 0 Å². The first-order valence-electron chi connectivity index (χ1n) is 9.04. The molecule has 0 unspecified atom stereocenters. The van der Waals surface area contributed by atoms with Crippen molar-refractivity contribution in [1.82, 2.24) is 0 Å². The normalized spacial score (nSPS) is 12.6. The number of benzene rings is 2. The van der Waals surface area contributed by atoms with E-state index in [0.29, 0.717) is 13.2 Å². The van der Waals surface area contributed by atoms with Gasteiger partial charge in [0.25, 0.3) is 0 Å². The Kier molecular flexibility index (Phi) is 6.85. The summed E-state index contributed by atoms with van der Waals surface area (Å²) in [5, 5.41) is 0. The molecule has 0 saturated carbocycles. The van der Waals surface area contributed by atoms with Gasteiger partial charge in [-0.05, 0) is 33.1 Å². The van der Waals surface area contributed by atoms with E-state index in [1.807, 2.05) is 24.3 Å². The average Bonchev–Trinajstić information content (AvgIpc) is 2.57. The summed E-state index contributed by atoms with van der Waals surface area (Å²) in [6.45, 7) is 13.7. The molecule has 0 aliphatic heterocycles. The molecule has 3 nitrogen and oxygen atoms in total. The maximum Gasteiger partial charge on any atom is 0.319 e. The Balaban J connectivity index is 1.80. The Labute approximate surface area is 158 Å². The van der Waals surface area contributed by atoms with Gasteiger partial charge in [-0.1, -0.05) is 90.1 Å². The fourth-order valence-corrected chi connectivity index (χ4v) is 3.18. The molecule has 0 aliphatic rings. The molecule has 2 rings (SSSR count). The van der Waals surface area contributed by atoms with Gasteiger partial charge in [0.1, 0.15) is 0 Å². The zero-order valence-electron chi connectivity index (χ0n) is 16.8. The summed E-state index contributed by atoms with van der Waals surface area (Å²) < 4.78 is 22.7. The van der Waals surface area contributed by atoms with Gasteiger partial charge in [0.15, 0.2) is 0 Å². The van der Waals surface area contributed by atoms with Gasteiger partial charge in [-0.2, -0.15) is 0 Å². The van der Waals surface area contributed by atoms with E-state index in [1.165, 1.54) is 11.1 Å². The van der Waals surface area contributed by atoms with Crippen molar-refractivity contribution < 1.29 is 13.6 Å². The van der Waals surface area contributed by atoms with E-state index in [4.69, 9.17) is 9.05 Å². The van der Waals surface area contributed by atoms with Crippen LogP contribution in [0.4, 0.5) is 0 Å². The predicted octanol–water partition coefficient (Wildman–Crippen LogP) is 6.40. The molecular formula is C22H31O3P. The summed E-state index contributed by atoms with van der Waals surface area (Å²) in [4.78, 5) is 0. The van der Waals surface area contributed by atoms with Crippen molar-refractivity contribution in [2.75, 3.05) is 0 Å². The molecule has 2 aromatic carbocycles. The number of rotatable bonds is 6. The largest absolute Gasteiger partial charge is 0.319 e. The third-order valence-corrected chi connectivity index (χ3v) is 5.11. The second-order valence-electron chi connectivity index (χ2n) is 8.72. The van der Waals surface area contributed by atoms with E-state index >= 15 is 0 Å². The highest BCUT2D eigenvalue weighted by Gasteiger charge is 2.14. The highest BCUT2D eigenvalue weighted by molar-refractivity contribution is 7.33. The molecule has 0 bridgehead atoms. The smallest absolute Gasteiger partial charge is 0.306 e. The van der Waals surface area contributed by atoms with Crippen LogP contribution in [0.3, 0.4) is 0 Å². The number of hydrogen-bond donors (Lipinski definition) is 0. The van der Waals surface area contributed by atoms with E-state index in [9.17, 15) is 4.57 Å². The van der Waals surface area contributed by atoms with Gasteiger partial charge in [0.2, 0.25) is 0 Å². The van der Waals surface area contributed by atoms with Gasteiger partial charge in [-0.15, -0.1) is 0 Å². The molecule has 0 spiro atoms. The lowest BCUT2D eigenvalue weighted by Gasteiger charge is -2.19. The quantitative estimate of drug-likeness (QED) is 0.549. The second-order valence-corrected chi connectivity index (χ2v) is 9.80. The maximum atomic E-state index is 12.0. The molecule has 0 aliphatic carbocycles. The summed E-state index contributed by atoms with van der Waals surface area (Å²) >= 11 is 0. The van der Waals surface area contributed by atoms with Gasteiger partial charge >= 0.3 is 8.25 Å². The van der Waals surface area contributed by atoms with Crippen LogP contribution in [-0.4, -0.2) is 0 Å².